The van der Waals surface area contributed by atoms with E-state index in [4.69, 9.17) is 5.73 Å². The standard InChI is InChI=1S/C11H12BrN3O2S2/c1-7-4-11(18-10(7)5-13)19(16,17)15-9-2-3-14-6-8(9)12/h2-4,6H,5,13H2,1H3,(H,14,15). The SMILES string of the molecule is Cc1cc(S(=O)(=O)Nc2ccncc2Br)sc1CN. The number of sulfonamides is 1. The molecule has 0 unspecified atom stereocenters. The summed E-state index contributed by atoms with van der Waals surface area (Å²) in [5.74, 6) is 0. The number of halogens is 1. The second-order valence-electron chi connectivity index (χ2n) is 3.84. The van der Waals surface area contributed by atoms with Crippen LogP contribution in [-0.4, -0.2) is 13.4 Å². The second kappa shape index (κ2) is 5.58. The first-order valence-corrected chi connectivity index (χ1v) is 8.45. The number of nitrogens with two attached hydrogens (primary N) is 1. The van der Waals surface area contributed by atoms with Crippen LogP contribution in [0.3, 0.4) is 0 Å². The molecule has 3 N–H and O–H groups in total. The Morgan fingerprint density at radius 1 is 1.53 bits per heavy atom. The molecule has 102 valence electrons. The van der Waals surface area contributed by atoms with Crippen LogP contribution in [0.4, 0.5) is 5.69 Å². The largest absolute Gasteiger partial charge is 0.326 e. The van der Waals surface area contributed by atoms with Gasteiger partial charge in [0.2, 0.25) is 0 Å². The predicted octanol–water partition coefficient (Wildman–Crippen LogP) is 2.47. The van der Waals surface area contributed by atoms with Crippen molar-refractivity contribution in [1.82, 2.24) is 4.98 Å². The topological polar surface area (TPSA) is 85.1 Å². The van der Waals surface area contributed by atoms with Gasteiger partial charge in [-0.25, -0.2) is 8.42 Å². The van der Waals surface area contributed by atoms with Gasteiger partial charge >= 0.3 is 0 Å². The van der Waals surface area contributed by atoms with Crippen molar-refractivity contribution in [2.24, 2.45) is 5.73 Å². The van der Waals surface area contributed by atoms with E-state index in [1.165, 1.54) is 23.7 Å². The van der Waals surface area contributed by atoms with Crippen molar-refractivity contribution in [1.29, 1.82) is 0 Å². The molecule has 0 radical (unpaired) electrons. The van der Waals surface area contributed by atoms with E-state index >= 15 is 0 Å². The van der Waals surface area contributed by atoms with E-state index in [1.807, 2.05) is 6.92 Å². The minimum atomic E-state index is -3.59. The summed E-state index contributed by atoms with van der Waals surface area (Å²) in [5, 5.41) is 0. The Morgan fingerprint density at radius 3 is 2.84 bits per heavy atom. The van der Waals surface area contributed by atoms with Crippen molar-refractivity contribution in [2.75, 3.05) is 4.72 Å². The molecule has 0 fully saturated rings. The molecule has 0 spiro atoms. The molecule has 0 aliphatic rings. The van der Waals surface area contributed by atoms with Crippen LogP contribution >= 0.6 is 27.3 Å². The van der Waals surface area contributed by atoms with Gasteiger partial charge in [0.1, 0.15) is 4.21 Å². The van der Waals surface area contributed by atoms with Gasteiger partial charge in [-0.1, -0.05) is 0 Å². The van der Waals surface area contributed by atoms with Crippen LogP contribution in [0.2, 0.25) is 0 Å². The van der Waals surface area contributed by atoms with Gasteiger partial charge in [-0.2, -0.15) is 0 Å². The lowest BCUT2D eigenvalue weighted by atomic mass is 10.3. The van der Waals surface area contributed by atoms with E-state index < -0.39 is 10.0 Å². The number of aromatic nitrogens is 1. The van der Waals surface area contributed by atoms with Gasteiger partial charge in [-0.05, 0) is 40.5 Å². The van der Waals surface area contributed by atoms with Gasteiger partial charge in [-0.3, -0.25) is 9.71 Å². The molecule has 0 atom stereocenters. The molecule has 0 saturated carbocycles. The van der Waals surface area contributed by atoms with Crippen LogP contribution < -0.4 is 10.5 Å². The van der Waals surface area contributed by atoms with Gasteiger partial charge in [0.05, 0.1) is 10.2 Å². The maximum absolute atomic E-state index is 12.3. The van der Waals surface area contributed by atoms with Crippen molar-refractivity contribution in [3.05, 3.63) is 39.4 Å². The second-order valence-corrected chi connectivity index (χ2v) is 7.74. The molecule has 2 aromatic rings. The van der Waals surface area contributed by atoms with Gasteiger partial charge in [-0.15, -0.1) is 11.3 Å². The van der Waals surface area contributed by atoms with Crippen LogP contribution in [0, 0.1) is 6.92 Å². The summed E-state index contributed by atoms with van der Waals surface area (Å²) >= 11 is 4.43. The van der Waals surface area contributed by atoms with Crippen molar-refractivity contribution in [3.8, 4) is 0 Å². The van der Waals surface area contributed by atoms with Crippen LogP contribution in [0.1, 0.15) is 10.4 Å². The quantitative estimate of drug-likeness (QED) is 0.875. The monoisotopic (exact) mass is 361 g/mol. The molecule has 2 rings (SSSR count). The lowest BCUT2D eigenvalue weighted by Crippen LogP contribution is -2.11. The summed E-state index contributed by atoms with van der Waals surface area (Å²) in [4.78, 5) is 4.75. The lowest BCUT2D eigenvalue weighted by Gasteiger charge is -2.07. The van der Waals surface area contributed by atoms with Crippen LogP contribution in [0.25, 0.3) is 0 Å². The predicted molar refractivity (Wildman–Crippen MR) is 79.7 cm³/mol. The highest BCUT2D eigenvalue weighted by Crippen LogP contribution is 2.29. The number of nitrogens with zero attached hydrogens (tertiary/aromatic N) is 1. The number of pyridine rings is 1. The van der Waals surface area contributed by atoms with E-state index in [0.29, 0.717) is 16.7 Å². The molecular formula is C11H12BrN3O2S2. The first-order valence-electron chi connectivity index (χ1n) is 5.36. The zero-order chi connectivity index (χ0) is 14.0. The fraction of sp³-hybridized carbons (Fsp3) is 0.182. The van der Waals surface area contributed by atoms with E-state index in [2.05, 4.69) is 25.6 Å². The molecule has 2 heterocycles. The summed E-state index contributed by atoms with van der Waals surface area (Å²) in [6.45, 7) is 2.19. The summed E-state index contributed by atoms with van der Waals surface area (Å²) in [6, 6.07) is 3.22. The van der Waals surface area contributed by atoms with Gasteiger partial charge in [0, 0.05) is 23.8 Å². The molecule has 0 saturated heterocycles. The van der Waals surface area contributed by atoms with Crippen LogP contribution in [0.5, 0.6) is 0 Å². The van der Waals surface area contributed by atoms with Crippen molar-refractivity contribution in [2.45, 2.75) is 17.7 Å². The number of nitrogens with one attached hydrogen (secondary N) is 1. The molecule has 0 aliphatic heterocycles. The molecule has 0 amide bonds. The zero-order valence-electron chi connectivity index (χ0n) is 10.1. The highest BCUT2D eigenvalue weighted by molar-refractivity contribution is 9.10. The Hall–Kier alpha value is -0.960. The van der Waals surface area contributed by atoms with Crippen LogP contribution in [0.15, 0.2) is 33.2 Å². The van der Waals surface area contributed by atoms with E-state index in [1.54, 1.807) is 12.1 Å². The third-order valence-corrected chi connectivity index (χ3v) is 6.20. The molecule has 2 aromatic heterocycles. The molecule has 0 aromatic carbocycles. The molecule has 0 bridgehead atoms. The Kier molecular flexibility index (Phi) is 4.24. The highest BCUT2D eigenvalue weighted by Gasteiger charge is 2.19. The minimum absolute atomic E-state index is 0.258. The number of hydrogen-bond acceptors (Lipinski definition) is 5. The van der Waals surface area contributed by atoms with E-state index in [9.17, 15) is 8.42 Å². The summed E-state index contributed by atoms with van der Waals surface area (Å²) < 4.78 is 27.9. The lowest BCUT2D eigenvalue weighted by molar-refractivity contribution is 0.603. The molecule has 5 nitrogen and oxygen atoms in total. The number of anilines is 1. The summed E-state index contributed by atoms with van der Waals surface area (Å²) in [7, 11) is -3.59. The number of aryl methyl sites for hydroxylation is 1. The number of rotatable bonds is 4. The molecule has 8 heteroatoms. The van der Waals surface area contributed by atoms with Crippen LogP contribution in [-0.2, 0) is 16.6 Å². The third-order valence-electron chi connectivity index (χ3n) is 2.47. The molecule has 0 aliphatic carbocycles. The Labute approximate surface area is 124 Å². The third kappa shape index (κ3) is 3.14. The fourth-order valence-corrected chi connectivity index (χ4v) is 4.50. The average Bonchev–Trinajstić information content (AvgIpc) is 2.74. The Bertz CT molecular complexity index is 698. The first kappa shape index (κ1) is 14.4. The van der Waals surface area contributed by atoms with Gasteiger partial charge in [0.15, 0.2) is 0 Å². The maximum Gasteiger partial charge on any atom is 0.271 e. The zero-order valence-corrected chi connectivity index (χ0v) is 13.3. The van der Waals surface area contributed by atoms with Gasteiger partial charge < -0.3 is 5.73 Å². The maximum atomic E-state index is 12.3. The van der Waals surface area contributed by atoms with Crippen molar-refractivity contribution < 1.29 is 8.42 Å². The number of hydrogen-bond donors (Lipinski definition) is 2. The first-order chi connectivity index (χ1) is 8.94. The Morgan fingerprint density at radius 2 is 2.26 bits per heavy atom. The van der Waals surface area contributed by atoms with Crippen molar-refractivity contribution >= 4 is 43.0 Å². The number of thiophene rings is 1. The average molecular weight is 362 g/mol. The summed E-state index contributed by atoms with van der Waals surface area (Å²) in [5.41, 5.74) is 6.91. The smallest absolute Gasteiger partial charge is 0.271 e. The van der Waals surface area contributed by atoms with Gasteiger partial charge in [0.25, 0.3) is 10.0 Å². The summed E-state index contributed by atoms with van der Waals surface area (Å²) in [6.07, 6.45) is 3.05. The highest BCUT2D eigenvalue weighted by atomic mass is 79.9. The van der Waals surface area contributed by atoms with Crippen molar-refractivity contribution in [3.63, 3.8) is 0 Å². The normalized spacial score (nSPS) is 11.5. The molecular weight excluding hydrogens is 350 g/mol. The van der Waals surface area contributed by atoms with E-state index in [-0.39, 0.29) is 4.21 Å². The molecule has 19 heavy (non-hydrogen) atoms. The minimum Gasteiger partial charge on any atom is -0.326 e. The van der Waals surface area contributed by atoms with E-state index in [0.717, 1.165) is 10.4 Å². The fourth-order valence-electron chi connectivity index (χ4n) is 1.48. The Balaban J connectivity index is 2.35.